The average molecular weight is 242 g/mol. The molecule has 5 heteroatoms. The van der Waals surface area contributed by atoms with Crippen LogP contribution in [0.5, 0.6) is 0 Å². The van der Waals surface area contributed by atoms with Crippen LogP contribution >= 0.6 is 0 Å². The molecule has 2 nitrogen and oxygen atoms in total. The van der Waals surface area contributed by atoms with Crippen molar-refractivity contribution < 1.29 is 22.4 Å². The van der Waals surface area contributed by atoms with Gasteiger partial charge in [0.2, 0.25) is 5.78 Å². The number of furan rings is 1. The maximum absolute atomic E-state index is 12.1. The van der Waals surface area contributed by atoms with Gasteiger partial charge in [-0.25, -0.2) is 0 Å². The molecular formula is C12H9F3O2. The fourth-order valence-corrected chi connectivity index (χ4v) is 1.62. The largest absolute Gasteiger partial charge is 0.453 e. The zero-order chi connectivity index (χ0) is 12.6. The van der Waals surface area contributed by atoms with Crippen LogP contribution in [-0.2, 0) is 0 Å². The number of ketones is 1. The zero-order valence-corrected chi connectivity index (χ0v) is 8.97. The lowest BCUT2D eigenvalue weighted by atomic mass is 10.1. The first kappa shape index (κ1) is 11.7. The zero-order valence-electron chi connectivity index (χ0n) is 8.97. The highest BCUT2D eigenvalue weighted by molar-refractivity contribution is 5.98. The number of benzene rings is 1. The lowest BCUT2D eigenvalue weighted by Gasteiger charge is -2.02. The molecule has 0 saturated carbocycles. The Labute approximate surface area is 95.0 Å². The first-order valence-electron chi connectivity index (χ1n) is 4.96. The van der Waals surface area contributed by atoms with Crippen molar-refractivity contribution >= 4 is 16.8 Å². The number of halogens is 3. The Balaban J connectivity index is 2.37. The minimum atomic E-state index is -4.51. The van der Waals surface area contributed by atoms with Gasteiger partial charge >= 0.3 is 6.18 Å². The van der Waals surface area contributed by atoms with Crippen molar-refractivity contribution in [3.8, 4) is 0 Å². The first-order valence-corrected chi connectivity index (χ1v) is 4.96. The predicted octanol–water partition coefficient (Wildman–Crippen LogP) is 3.88. The average Bonchev–Trinajstić information content (AvgIpc) is 2.60. The molecule has 1 aromatic heterocycles. The van der Waals surface area contributed by atoms with Crippen molar-refractivity contribution in [2.45, 2.75) is 19.5 Å². The Hall–Kier alpha value is -1.78. The van der Waals surface area contributed by atoms with E-state index in [1.807, 2.05) is 0 Å². The third kappa shape index (κ3) is 2.49. The molecule has 0 atom stereocenters. The molecule has 90 valence electrons. The highest BCUT2D eigenvalue weighted by Gasteiger charge is 2.33. The van der Waals surface area contributed by atoms with Gasteiger partial charge in [0.15, 0.2) is 5.76 Å². The fourth-order valence-electron chi connectivity index (χ4n) is 1.62. The number of para-hydroxylation sites is 1. The van der Waals surface area contributed by atoms with Crippen LogP contribution in [-0.4, -0.2) is 12.0 Å². The molecule has 0 aliphatic heterocycles. The summed E-state index contributed by atoms with van der Waals surface area (Å²) in [5.41, 5.74) is 1.24. The van der Waals surface area contributed by atoms with E-state index in [0.717, 1.165) is 5.56 Å². The molecule has 1 heterocycles. The van der Waals surface area contributed by atoms with Crippen LogP contribution in [0.15, 0.2) is 28.7 Å². The second-order valence-corrected chi connectivity index (χ2v) is 3.82. The Morgan fingerprint density at radius 1 is 1.35 bits per heavy atom. The molecule has 0 radical (unpaired) electrons. The van der Waals surface area contributed by atoms with Gasteiger partial charge in [0.05, 0.1) is 0 Å². The molecule has 2 rings (SSSR count). The number of Topliss-reactive ketones (excluding diaryl/α,β-unsaturated/α-hetero) is 1. The Bertz CT molecular complexity index is 567. The summed E-state index contributed by atoms with van der Waals surface area (Å²) >= 11 is 0. The standard InChI is InChI=1S/C12H9F3O2/c1-7-3-2-4-8-5-10(17-11(7)8)9(16)6-12(13,14)15/h2-5H,6H2,1H3. The van der Waals surface area contributed by atoms with E-state index in [2.05, 4.69) is 0 Å². The Morgan fingerprint density at radius 2 is 2.06 bits per heavy atom. The lowest BCUT2D eigenvalue weighted by molar-refractivity contribution is -0.125. The molecule has 0 aliphatic rings. The first-order chi connectivity index (χ1) is 7.87. The van der Waals surface area contributed by atoms with Gasteiger partial charge in [-0.05, 0) is 18.6 Å². The van der Waals surface area contributed by atoms with Crippen molar-refractivity contribution in [2.75, 3.05) is 0 Å². The summed E-state index contributed by atoms with van der Waals surface area (Å²) in [5.74, 6) is -1.29. The second kappa shape index (κ2) is 3.91. The van der Waals surface area contributed by atoms with E-state index in [4.69, 9.17) is 4.42 Å². The van der Waals surface area contributed by atoms with E-state index < -0.39 is 18.4 Å². The van der Waals surface area contributed by atoms with Gasteiger partial charge < -0.3 is 4.42 Å². The summed E-state index contributed by atoms with van der Waals surface area (Å²) in [6, 6.07) is 6.56. The summed E-state index contributed by atoms with van der Waals surface area (Å²) < 4.78 is 41.3. The Morgan fingerprint density at radius 3 is 2.65 bits per heavy atom. The number of hydrogen-bond donors (Lipinski definition) is 0. The topological polar surface area (TPSA) is 30.2 Å². The number of hydrogen-bond acceptors (Lipinski definition) is 2. The number of fused-ring (bicyclic) bond motifs is 1. The molecular weight excluding hydrogens is 233 g/mol. The summed E-state index contributed by atoms with van der Waals surface area (Å²) in [5, 5.41) is 0.635. The van der Waals surface area contributed by atoms with Gasteiger partial charge in [-0.1, -0.05) is 18.2 Å². The minimum Gasteiger partial charge on any atom is -0.453 e. The fraction of sp³-hybridized carbons (Fsp3) is 0.250. The molecule has 17 heavy (non-hydrogen) atoms. The quantitative estimate of drug-likeness (QED) is 0.748. The maximum Gasteiger partial charge on any atom is 0.396 e. The van der Waals surface area contributed by atoms with Crippen molar-refractivity contribution in [3.05, 3.63) is 35.6 Å². The van der Waals surface area contributed by atoms with Crippen LogP contribution in [0, 0.1) is 6.92 Å². The van der Waals surface area contributed by atoms with Gasteiger partial charge in [0.1, 0.15) is 12.0 Å². The second-order valence-electron chi connectivity index (χ2n) is 3.82. The summed E-state index contributed by atoms with van der Waals surface area (Å²) in [7, 11) is 0. The number of carbonyl (C=O) groups excluding carboxylic acids is 1. The van der Waals surface area contributed by atoms with Gasteiger partial charge in [0, 0.05) is 5.39 Å². The smallest absolute Gasteiger partial charge is 0.396 e. The number of aryl methyl sites for hydroxylation is 1. The van der Waals surface area contributed by atoms with Gasteiger partial charge in [-0.15, -0.1) is 0 Å². The minimum absolute atomic E-state index is 0.244. The monoisotopic (exact) mass is 242 g/mol. The van der Waals surface area contributed by atoms with E-state index in [9.17, 15) is 18.0 Å². The summed E-state index contributed by atoms with van der Waals surface area (Å²) in [4.78, 5) is 11.3. The van der Waals surface area contributed by atoms with Crippen molar-refractivity contribution in [1.82, 2.24) is 0 Å². The van der Waals surface area contributed by atoms with Crippen LogP contribution < -0.4 is 0 Å². The van der Waals surface area contributed by atoms with Gasteiger partial charge in [-0.2, -0.15) is 13.2 Å². The van der Waals surface area contributed by atoms with Crippen LogP contribution in [0.3, 0.4) is 0 Å². The molecule has 0 saturated heterocycles. The van der Waals surface area contributed by atoms with Crippen molar-refractivity contribution in [1.29, 1.82) is 0 Å². The molecule has 1 aromatic carbocycles. The lowest BCUT2D eigenvalue weighted by Crippen LogP contribution is -2.14. The Kier molecular flexibility index (Phi) is 2.69. The van der Waals surface area contributed by atoms with E-state index >= 15 is 0 Å². The molecule has 0 aliphatic carbocycles. The molecule has 0 spiro atoms. The normalized spacial score (nSPS) is 12.0. The van der Waals surface area contributed by atoms with E-state index in [1.165, 1.54) is 6.07 Å². The van der Waals surface area contributed by atoms with Crippen molar-refractivity contribution in [2.24, 2.45) is 0 Å². The molecule has 0 fully saturated rings. The van der Waals surface area contributed by atoms with Crippen LogP contribution in [0.25, 0.3) is 11.0 Å². The highest BCUT2D eigenvalue weighted by Crippen LogP contribution is 2.27. The third-order valence-corrected chi connectivity index (χ3v) is 2.38. The van der Waals surface area contributed by atoms with E-state index in [0.29, 0.717) is 11.0 Å². The van der Waals surface area contributed by atoms with Crippen LogP contribution in [0.2, 0.25) is 0 Å². The maximum atomic E-state index is 12.1. The molecule has 0 bridgehead atoms. The molecule has 2 aromatic rings. The number of rotatable bonds is 2. The summed E-state index contributed by atoms with van der Waals surface area (Å²) in [6.45, 7) is 1.77. The van der Waals surface area contributed by atoms with Crippen LogP contribution in [0.1, 0.15) is 22.5 Å². The SMILES string of the molecule is Cc1cccc2cc(C(=O)CC(F)(F)F)oc12. The number of carbonyl (C=O) groups is 1. The van der Waals surface area contributed by atoms with Gasteiger partial charge in [-0.3, -0.25) is 4.79 Å². The number of alkyl halides is 3. The van der Waals surface area contributed by atoms with Gasteiger partial charge in [0.25, 0.3) is 0 Å². The molecule has 0 amide bonds. The van der Waals surface area contributed by atoms with E-state index in [1.54, 1.807) is 25.1 Å². The van der Waals surface area contributed by atoms with E-state index in [-0.39, 0.29) is 5.76 Å². The predicted molar refractivity (Wildman–Crippen MR) is 56.0 cm³/mol. The highest BCUT2D eigenvalue weighted by atomic mass is 19.4. The summed E-state index contributed by atoms with van der Waals surface area (Å²) in [6.07, 6.45) is -6.00. The third-order valence-electron chi connectivity index (χ3n) is 2.38. The molecule has 0 unspecified atom stereocenters. The van der Waals surface area contributed by atoms with Crippen molar-refractivity contribution in [3.63, 3.8) is 0 Å². The van der Waals surface area contributed by atoms with Crippen LogP contribution in [0.4, 0.5) is 13.2 Å². The molecule has 0 N–H and O–H groups in total.